The van der Waals surface area contributed by atoms with Gasteiger partial charge in [0.1, 0.15) is 0 Å². The average molecular weight is 416 g/mol. The van der Waals surface area contributed by atoms with E-state index in [1.54, 1.807) is 0 Å². The molecule has 2 aromatic heterocycles. The second-order valence-corrected chi connectivity index (χ2v) is 9.99. The Morgan fingerprint density at radius 1 is 1.06 bits per heavy atom. The number of aromatic nitrogens is 3. The van der Waals surface area contributed by atoms with E-state index in [2.05, 4.69) is 70.1 Å². The highest BCUT2D eigenvalue weighted by Crippen LogP contribution is 2.44. The van der Waals surface area contributed by atoms with Crippen LogP contribution < -0.4 is 4.90 Å². The molecule has 0 bridgehead atoms. The standard InChI is InChI=1S/C26H33N5/c1-19-16-24(22-6-3-4-7-23(22)28-19)30-14-11-26(12-15-30)10-5-13-31(26)18-21-17-27-29(2)25(21)20-8-9-20/h3-4,6-7,16-17,20H,5,8-15,18H2,1-2H3. The highest BCUT2D eigenvalue weighted by atomic mass is 15.3. The molecule has 0 unspecified atom stereocenters. The topological polar surface area (TPSA) is 37.2 Å². The molecule has 0 N–H and O–H groups in total. The lowest BCUT2D eigenvalue weighted by molar-refractivity contribution is 0.0995. The van der Waals surface area contributed by atoms with E-state index < -0.39 is 0 Å². The van der Waals surface area contributed by atoms with Crippen molar-refractivity contribution in [3.05, 3.63) is 53.5 Å². The van der Waals surface area contributed by atoms with Gasteiger partial charge in [0.05, 0.1) is 11.7 Å². The van der Waals surface area contributed by atoms with Crippen molar-refractivity contribution in [2.45, 2.75) is 63.5 Å². The molecule has 3 fully saturated rings. The summed E-state index contributed by atoms with van der Waals surface area (Å²) in [5.74, 6) is 0.756. The lowest BCUT2D eigenvalue weighted by Crippen LogP contribution is -2.52. The highest BCUT2D eigenvalue weighted by molar-refractivity contribution is 5.92. The number of benzene rings is 1. The van der Waals surface area contributed by atoms with E-state index >= 15 is 0 Å². The highest BCUT2D eigenvalue weighted by Gasteiger charge is 2.44. The summed E-state index contributed by atoms with van der Waals surface area (Å²) in [6.45, 7) is 6.69. The van der Waals surface area contributed by atoms with E-state index in [1.807, 2.05) is 0 Å². The van der Waals surface area contributed by atoms with Gasteiger partial charge in [-0.3, -0.25) is 14.6 Å². The van der Waals surface area contributed by atoms with Crippen LogP contribution in [0.3, 0.4) is 0 Å². The summed E-state index contributed by atoms with van der Waals surface area (Å²) in [7, 11) is 2.12. The number of aryl methyl sites for hydroxylation is 2. The first-order valence-electron chi connectivity index (χ1n) is 12.0. The van der Waals surface area contributed by atoms with E-state index in [4.69, 9.17) is 4.98 Å². The minimum atomic E-state index is 0.366. The Hall–Kier alpha value is -2.40. The number of fused-ring (bicyclic) bond motifs is 1. The van der Waals surface area contributed by atoms with Crippen LogP contribution in [0.1, 0.15) is 61.4 Å². The molecule has 31 heavy (non-hydrogen) atoms. The Balaban J connectivity index is 1.22. The summed E-state index contributed by atoms with van der Waals surface area (Å²) in [4.78, 5) is 10.2. The van der Waals surface area contributed by atoms with Gasteiger partial charge in [-0.2, -0.15) is 5.10 Å². The third-order valence-electron chi connectivity index (χ3n) is 7.99. The van der Waals surface area contributed by atoms with Crippen molar-refractivity contribution in [1.29, 1.82) is 0 Å². The van der Waals surface area contributed by atoms with Gasteiger partial charge in [-0.1, -0.05) is 18.2 Å². The smallest absolute Gasteiger partial charge is 0.0726 e. The Bertz CT molecular complexity index is 1100. The number of piperidine rings is 1. The molecule has 0 radical (unpaired) electrons. The van der Waals surface area contributed by atoms with Crippen molar-refractivity contribution in [3.8, 4) is 0 Å². The van der Waals surface area contributed by atoms with Gasteiger partial charge in [-0.05, 0) is 64.1 Å². The number of hydrogen-bond acceptors (Lipinski definition) is 4. The molecule has 4 heterocycles. The summed E-state index contributed by atoms with van der Waals surface area (Å²) in [5, 5.41) is 5.91. The zero-order chi connectivity index (χ0) is 21.0. The van der Waals surface area contributed by atoms with Crippen LogP contribution in [-0.4, -0.2) is 44.8 Å². The van der Waals surface area contributed by atoms with Gasteiger partial charge >= 0.3 is 0 Å². The molecule has 1 aliphatic carbocycles. The van der Waals surface area contributed by atoms with Gasteiger partial charge < -0.3 is 4.90 Å². The van der Waals surface area contributed by atoms with Crippen molar-refractivity contribution in [2.75, 3.05) is 24.5 Å². The van der Waals surface area contributed by atoms with Crippen molar-refractivity contribution >= 4 is 16.6 Å². The summed E-state index contributed by atoms with van der Waals surface area (Å²) in [6, 6.07) is 10.9. The lowest BCUT2D eigenvalue weighted by atomic mass is 9.84. The molecule has 1 aromatic carbocycles. The second kappa shape index (κ2) is 7.33. The van der Waals surface area contributed by atoms with E-state index in [1.165, 1.54) is 67.4 Å². The van der Waals surface area contributed by atoms with Gasteiger partial charge in [0.25, 0.3) is 0 Å². The van der Waals surface area contributed by atoms with Crippen LogP contribution in [0.25, 0.3) is 10.9 Å². The fourth-order valence-corrected chi connectivity index (χ4v) is 6.22. The molecule has 0 atom stereocenters. The molecule has 5 heteroatoms. The van der Waals surface area contributed by atoms with E-state index in [0.717, 1.165) is 36.8 Å². The Labute approximate surface area is 185 Å². The van der Waals surface area contributed by atoms with Crippen molar-refractivity contribution < 1.29 is 0 Å². The largest absolute Gasteiger partial charge is 0.371 e. The summed E-state index contributed by atoms with van der Waals surface area (Å²) < 4.78 is 2.13. The minimum absolute atomic E-state index is 0.366. The molecule has 162 valence electrons. The van der Waals surface area contributed by atoms with Crippen LogP contribution in [0.15, 0.2) is 36.5 Å². The van der Waals surface area contributed by atoms with Gasteiger partial charge in [0.2, 0.25) is 0 Å². The fourth-order valence-electron chi connectivity index (χ4n) is 6.22. The molecule has 3 aliphatic rings. The maximum absolute atomic E-state index is 4.75. The average Bonchev–Trinajstić information content (AvgIpc) is 3.45. The third-order valence-corrected chi connectivity index (χ3v) is 7.99. The van der Waals surface area contributed by atoms with E-state index in [0.29, 0.717) is 5.54 Å². The number of anilines is 1. The molecule has 0 amide bonds. The predicted octanol–water partition coefficient (Wildman–Crippen LogP) is 4.79. The van der Waals surface area contributed by atoms with Crippen molar-refractivity contribution in [2.24, 2.45) is 7.05 Å². The number of para-hydroxylation sites is 1. The van der Waals surface area contributed by atoms with Crippen LogP contribution >= 0.6 is 0 Å². The molecular weight excluding hydrogens is 382 g/mol. The van der Waals surface area contributed by atoms with Gasteiger partial charge in [-0.15, -0.1) is 0 Å². The first kappa shape index (κ1) is 19.3. The maximum atomic E-state index is 4.75. The zero-order valence-corrected chi connectivity index (χ0v) is 18.8. The maximum Gasteiger partial charge on any atom is 0.0726 e. The monoisotopic (exact) mass is 415 g/mol. The van der Waals surface area contributed by atoms with E-state index in [-0.39, 0.29) is 0 Å². The Morgan fingerprint density at radius 3 is 2.68 bits per heavy atom. The van der Waals surface area contributed by atoms with Gasteiger partial charge in [0.15, 0.2) is 0 Å². The quantitative estimate of drug-likeness (QED) is 0.614. The minimum Gasteiger partial charge on any atom is -0.371 e. The summed E-state index contributed by atoms with van der Waals surface area (Å²) in [5.41, 5.74) is 6.93. The van der Waals surface area contributed by atoms with Gasteiger partial charge in [-0.25, -0.2) is 0 Å². The number of rotatable bonds is 4. The van der Waals surface area contributed by atoms with Crippen LogP contribution in [0.4, 0.5) is 5.69 Å². The lowest BCUT2D eigenvalue weighted by Gasteiger charge is -2.46. The molecular formula is C26H33N5. The molecule has 2 aliphatic heterocycles. The van der Waals surface area contributed by atoms with Crippen molar-refractivity contribution in [1.82, 2.24) is 19.7 Å². The molecule has 1 spiro atoms. The Morgan fingerprint density at radius 2 is 1.87 bits per heavy atom. The molecule has 1 saturated carbocycles. The molecule has 6 rings (SSSR count). The fraction of sp³-hybridized carbons (Fsp3) is 0.538. The first-order chi connectivity index (χ1) is 15.1. The summed E-state index contributed by atoms with van der Waals surface area (Å²) >= 11 is 0. The molecule has 2 saturated heterocycles. The first-order valence-corrected chi connectivity index (χ1v) is 12.0. The van der Waals surface area contributed by atoms with Crippen LogP contribution in [0.2, 0.25) is 0 Å². The van der Waals surface area contributed by atoms with Crippen LogP contribution in [0, 0.1) is 6.92 Å². The number of pyridine rings is 1. The Kier molecular flexibility index (Phi) is 4.57. The number of nitrogens with zero attached hydrogens (tertiary/aromatic N) is 5. The number of hydrogen-bond donors (Lipinski definition) is 0. The molecule has 3 aromatic rings. The van der Waals surface area contributed by atoms with Crippen LogP contribution in [0.5, 0.6) is 0 Å². The normalized spacial score (nSPS) is 21.4. The zero-order valence-electron chi connectivity index (χ0n) is 18.8. The van der Waals surface area contributed by atoms with E-state index in [9.17, 15) is 0 Å². The third kappa shape index (κ3) is 3.34. The number of likely N-dealkylation sites (tertiary alicyclic amines) is 1. The predicted molar refractivity (Wildman–Crippen MR) is 125 cm³/mol. The SMILES string of the molecule is Cc1cc(N2CCC3(CCCN3Cc3cnn(C)c3C3CC3)CC2)c2ccccc2n1. The van der Waals surface area contributed by atoms with Crippen molar-refractivity contribution in [3.63, 3.8) is 0 Å². The van der Waals surface area contributed by atoms with Crippen LogP contribution in [-0.2, 0) is 13.6 Å². The molecule has 5 nitrogen and oxygen atoms in total. The summed E-state index contributed by atoms with van der Waals surface area (Å²) in [6.07, 6.45) is 9.99. The van der Waals surface area contributed by atoms with Gasteiger partial charge in [0, 0.05) is 66.2 Å². The second-order valence-electron chi connectivity index (χ2n) is 9.99.